The van der Waals surface area contributed by atoms with Crippen molar-refractivity contribution in [2.45, 2.75) is 32.1 Å². The van der Waals surface area contributed by atoms with E-state index in [4.69, 9.17) is 11.6 Å². The first kappa shape index (κ1) is 13.6. The Balaban J connectivity index is 1.98. The Bertz CT molecular complexity index is 499. The van der Waals surface area contributed by atoms with Crippen LogP contribution in [-0.4, -0.2) is 19.2 Å². The Labute approximate surface area is 113 Å². The van der Waals surface area contributed by atoms with Crippen molar-refractivity contribution in [2.75, 3.05) is 10.5 Å². The minimum Gasteiger partial charge on any atom is -0.267 e. The average molecular weight is 289 g/mol. The maximum Gasteiger partial charge on any atom is 0.234 e. The van der Waals surface area contributed by atoms with E-state index in [0.717, 1.165) is 25.7 Å². The van der Waals surface area contributed by atoms with Gasteiger partial charge in [-0.2, -0.15) is 0 Å². The standard InChI is InChI=1S/C12H17ClN2O2S/c13-11-6-7-14-12(8-11)15-18(16,17)9-10-4-2-1-3-5-10/h6-8,10H,1-5,9H2,(H,14,15). The summed E-state index contributed by atoms with van der Waals surface area (Å²) in [5, 5.41) is 0.473. The Morgan fingerprint density at radius 1 is 1.33 bits per heavy atom. The normalized spacial score (nSPS) is 17.6. The van der Waals surface area contributed by atoms with Crippen molar-refractivity contribution >= 4 is 27.4 Å². The largest absolute Gasteiger partial charge is 0.267 e. The van der Waals surface area contributed by atoms with E-state index in [1.54, 1.807) is 6.07 Å². The van der Waals surface area contributed by atoms with Crippen LogP contribution in [0, 0.1) is 5.92 Å². The van der Waals surface area contributed by atoms with Crippen LogP contribution in [0.3, 0.4) is 0 Å². The zero-order valence-corrected chi connectivity index (χ0v) is 11.7. The van der Waals surface area contributed by atoms with Crippen molar-refractivity contribution < 1.29 is 8.42 Å². The lowest BCUT2D eigenvalue weighted by Gasteiger charge is -2.21. The number of sulfonamides is 1. The molecule has 0 bridgehead atoms. The number of aromatic nitrogens is 1. The summed E-state index contributed by atoms with van der Waals surface area (Å²) in [5.41, 5.74) is 0. The fourth-order valence-electron chi connectivity index (χ4n) is 2.33. The predicted molar refractivity (Wildman–Crippen MR) is 73.2 cm³/mol. The molecular weight excluding hydrogens is 272 g/mol. The molecule has 4 nitrogen and oxygen atoms in total. The first-order valence-corrected chi connectivity index (χ1v) is 8.20. The molecule has 0 spiro atoms. The smallest absolute Gasteiger partial charge is 0.234 e. The molecule has 0 unspecified atom stereocenters. The lowest BCUT2D eigenvalue weighted by molar-refractivity contribution is 0.385. The van der Waals surface area contributed by atoms with Crippen LogP contribution in [0.5, 0.6) is 0 Å². The average Bonchev–Trinajstić information content (AvgIpc) is 2.28. The lowest BCUT2D eigenvalue weighted by atomic mass is 9.91. The van der Waals surface area contributed by atoms with Crippen LogP contribution in [0.4, 0.5) is 5.82 Å². The number of halogens is 1. The zero-order valence-electron chi connectivity index (χ0n) is 10.1. The van der Waals surface area contributed by atoms with Gasteiger partial charge in [-0.3, -0.25) is 4.72 Å². The van der Waals surface area contributed by atoms with Gasteiger partial charge in [0.05, 0.1) is 5.75 Å². The summed E-state index contributed by atoms with van der Waals surface area (Å²) in [6.45, 7) is 0. The molecule has 1 aliphatic rings. The molecule has 1 N–H and O–H groups in total. The summed E-state index contributed by atoms with van der Waals surface area (Å²) in [7, 11) is -3.32. The van der Waals surface area contributed by atoms with Crippen molar-refractivity contribution in [3.8, 4) is 0 Å². The maximum absolute atomic E-state index is 12.0. The van der Waals surface area contributed by atoms with Crippen LogP contribution < -0.4 is 4.72 Å². The molecule has 100 valence electrons. The molecule has 1 aliphatic carbocycles. The van der Waals surface area contributed by atoms with E-state index in [0.29, 0.717) is 10.8 Å². The molecule has 0 saturated heterocycles. The summed E-state index contributed by atoms with van der Waals surface area (Å²) in [5.74, 6) is 0.745. The van der Waals surface area contributed by atoms with Gasteiger partial charge in [0.1, 0.15) is 5.82 Å². The van der Waals surface area contributed by atoms with Gasteiger partial charge in [-0.1, -0.05) is 30.9 Å². The van der Waals surface area contributed by atoms with Gasteiger partial charge in [-0.15, -0.1) is 0 Å². The van der Waals surface area contributed by atoms with Crippen LogP contribution in [0.15, 0.2) is 18.3 Å². The monoisotopic (exact) mass is 288 g/mol. The third-order valence-corrected chi connectivity index (χ3v) is 4.83. The molecule has 18 heavy (non-hydrogen) atoms. The van der Waals surface area contributed by atoms with Gasteiger partial charge in [0.2, 0.25) is 10.0 Å². The predicted octanol–water partition coefficient (Wildman–Crippen LogP) is 3.06. The Morgan fingerprint density at radius 2 is 2.06 bits per heavy atom. The molecule has 0 atom stereocenters. The van der Waals surface area contributed by atoms with Crippen molar-refractivity contribution in [1.29, 1.82) is 0 Å². The second-order valence-corrected chi connectivity index (χ2v) is 6.95. The third-order valence-electron chi connectivity index (χ3n) is 3.16. The highest BCUT2D eigenvalue weighted by molar-refractivity contribution is 7.92. The van der Waals surface area contributed by atoms with E-state index >= 15 is 0 Å². The van der Waals surface area contributed by atoms with Crippen molar-refractivity contribution in [1.82, 2.24) is 4.98 Å². The molecule has 1 fully saturated rings. The number of pyridine rings is 1. The minimum absolute atomic E-state index is 0.182. The Hall–Kier alpha value is -0.810. The van der Waals surface area contributed by atoms with Crippen LogP contribution in [-0.2, 0) is 10.0 Å². The summed E-state index contributed by atoms with van der Waals surface area (Å²) in [6, 6.07) is 3.13. The van der Waals surface area contributed by atoms with Crippen LogP contribution in [0.25, 0.3) is 0 Å². The van der Waals surface area contributed by atoms with E-state index in [9.17, 15) is 8.42 Å². The molecule has 0 aliphatic heterocycles. The minimum atomic E-state index is -3.32. The molecule has 1 saturated carbocycles. The number of hydrogen-bond donors (Lipinski definition) is 1. The van der Waals surface area contributed by atoms with E-state index < -0.39 is 10.0 Å². The molecule has 1 heterocycles. The zero-order chi connectivity index (χ0) is 13.0. The second-order valence-electron chi connectivity index (χ2n) is 4.75. The number of nitrogens with zero attached hydrogens (tertiary/aromatic N) is 1. The molecule has 6 heteroatoms. The fourth-order valence-corrected chi connectivity index (χ4v) is 3.95. The van der Waals surface area contributed by atoms with Crippen molar-refractivity contribution in [3.05, 3.63) is 23.4 Å². The molecule has 1 aromatic heterocycles. The topological polar surface area (TPSA) is 59.1 Å². The molecule has 1 aromatic rings. The number of anilines is 1. The highest BCUT2D eigenvalue weighted by Crippen LogP contribution is 2.25. The van der Waals surface area contributed by atoms with E-state index in [1.165, 1.54) is 18.7 Å². The highest BCUT2D eigenvalue weighted by Gasteiger charge is 2.21. The summed E-state index contributed by atoms with van der Waals surface area (Å²) < 4.78 is 26.5. The van der Waals surface area contributed by atoms with Gasteiger partial charge in [0.25, 0.3) is 0 Å². The molecule has 0 amide bonds. The molecule has 2 rings (SSSR count). The van der Waals surface area contributed by atoms with Crippen molar-refractivity contribution in [2.24, 2.45) is 5.92 Å². The molecular formula is C12H17ClN2O2S. The van der Waals surface area contributed by atoms with E-state index in [2.05, 4.69) is 9.71 Å². The molecule has 0 aromatic carbocycles. The van der Waals surface area contributed by atoms with Gasteiger partial charge >= 0.3 is 0 Å². The van der Waals surface area contributed by atoms with E-state index in [1.807, 2.05) is 0 Å². The second kappa shape index (κ2) is 5.89. The maximum atomic E-state index is 12.0. The van der Waals surface area contributed by atoms with Gasteiger partial charge < -0.3 is 0 Å². The Kier molecular flexibility index (Phi) is 4.45. The quantitative estimate of drug-likeness (QED) is 0.926. The van der Waals surface area contributed by atoms with Gasteiger partial charge in [0, 0.05) is 17.3 Å². The van der Waals surface area contributed by atoms with Gasteiger partial charge in [-0.05, 0) is 24.8 Å². The SMILES string of the molecule is O=S(=O)(CC1CCCCC1)Nc1cc(Cl)ccn1. The number of rotatable bonds is 4. The third kappa shape index (κ3) is 4.14. The van der Waals surface area contributed by atoms with Crippen molar-refractivity contribution in [3.63, 3.8) is 0 Å². The van der Waals surface area contributed by atoms with Gasteiger partial charge in [-0.25, -0.2) is 13.4 Å². The summed E-state index contributed by atoms with van der Waals surface area (Å²) >= 11 is 5.79. The Morgan fingerprint density at radius 3 is 2.72 bits per heavy atom. The van der Waals surface area contributed by atoms with Crippen LogP contribution in [0.1, 0.15) is 32.1 Å². The van der Waals surface area contributed by atoms with Crippen LogP contribution in [0.2, 0.25) is 5.02 Å². The first-order chi connectivity index (χ1) is 8.55. The summed E-state index contributed by atoms with van der Waals surface area (Å²) in [6.07, 6.45) is 6.99. The highest BCUT2D eigenvalue weighted by atomic mass is 35.5. The number of hydrogen-bond acceptors (Lipinski definition) is 3. The fraction of sp³-hybridized carbons (Fsp3) is 0.583. The summed E-state index contributed by atoms with van der Waals surface area (Å²) in [4.78, 5) is 3.94. The van der Waals surface area contributed by atoms with Gasteiger partial charge in [0.15, 0.2) is 0 Å². The van der Waals surface area contributed by atoms with Crippen LogP contribution >= 0.6 is 11.6 Å². The van der Waals surface area contributed by atoms with E-state index in [-0.39, 0.29) is 11.7 Å². The molecule has 0 radical (unpaired) electrons. The lowest BCUT2D eigenvalue weighted by Crippen LogP contribution is -2.24. The number of nitrogens with one attached hydrogen (secondary N) is 1. The first-order valence-electron chi connectivity index (χ1n) is 6.17.